The molecule has 1 aliphatic carbocycles. The van der Waals surface area contributed by atoms with Crippen molar-refractivity contribution in [3.8, 4) is 0 Å². The molecule has 0 spiro atoms. The Kier molecular flexibility index (Phi) is 8.02. The van der Waals surface area contributed by atoms with Crippen molar-refractivity contribution in [3.63, 3.8) is 0 Å². The SMILES string of the molecule is Cc1nnc(C(C)C)n1C1CCN(CC[C@H](NC(=O)C2CCC(F)(F)CC2)c2cccs2)CC1. The predicted octanol–water partition coefficient (Wildman–Crippen LogP) is 5.48. The van der Waals surface area contributed by atoms with Gasteiger partial charge < -0.3 is 14.8 Å². The van der Waals surface area contributed by atoms with Gasteiger partial charge in [0.2, 0.25) is 11.8 Å². The molecule has 0 bridgehead atoms. The highest BCUT2D eigenvalue weighted by Crippen LogP contribution is 2.37. The summed E-state index contributed by atoms with van der Waals surface area (Å²) in [6, 6.07) is 4.42. The Morgan fingerprint density at radius 3 is 2.53 bits per heavy atom. The van der Waals surface area contributed by atoms with E-state index in [-0.39, 0.29) is 43.6 Å². The zero-order chi connectivity index (χ0) is 24.3. The molecule has 1 amide bonds. The summed E-state index contributed by atoms with van der Waals surface area (Å²) >= 11 is 1.64. The molecule has 1 aliphatic heterocycles. The van der Waals surface area contributed by atoms with Crippen molar-refractivity contribution in [2.24, 2.45) is 5.92 Å². The molecule has 0 radical (unpaired) electrons. The van der Waals surface area contributed by atoms with Gasteiger partial charge in [0.05, 0.1) is 6.04 Å². The molecule has 1 N–H and O–H groups in total. The van der Waals surface area contributed by atoms with Gasteiger partial charge in [-0.25, -0.2) is 8.78 Å². The van der Waals surface area contributed by atoms with Crippen molar-refractivity contribution in [1.82, 2.24) is 25.0 Å². The number of alkyl halides is 2. The number of nitrogens with one attached hydrogen (secondary N) is 1. The molecule has 3 heterocycles. The Morgan fingerprint density at radius 2 is 1.91 bits per heavy atom. The summed E-state index contributed by atoms with van der Waals surface area (Å²) in [5, 5.41) is 13.9. The number of amides is 1. The molecule has 2 aliphatic rings. The van der Waals surface area contributed by atoms with Gasteiger partial charge in [0.15, 0.2) is 0 Å². The topological polar surface area (TPSA) is 63.1 Å². The number of carbonyl (C=O) groups excluding carboxylic acids is 1. The Hall–Kier alpha value is -1.87. The third-order valence-electron chi connectivity index (χ3n) is 7.36. The van der Waals surface area contributed by atoms with E-state index in [2.05, 4.69) is 44.9 Å². The fraction of sp³-hybridized carbons (Fsp3) is 0.720. The summed E-state index contributed by atoms with van der Waals surface area (Å²) in [5.74, 6) is -0.584. The van der Waals surface area contributed by atoms with Crippen molar-refractivity contribution in [3.05, 3.63) is 34.0 Å². The lowest BCUT2D eigenvalue weighted by Crippen LogP contribution is -2.40. The molecule has 34 heavy (non-hydrogen) atoms. The number of hydrogen-bond acceptors (Lipinski definition) is 5. The summed E-state index contributed by atoms with van der Waals surface area (Å²) in [6.45, 7) is 9.26. The summed E-state index contributed by atoms with van der Waals surface area (Å²) in [7, 11) is 0. The molecule has 2 aromatic rings. The van der Waals surface area contributed by atoms with Gasteiger partial charge >= 0.3 is 0 Å². The molecular weight excluding hydrogens is 456 g/mol. The van der Waals surface area contributed by atoms with Gasteiger partial charge in [0, 0.05) is 55.2 Å². The van der Waals surface area contributed by atoms with Crippen molar-refractivity contribution in [1.29, 1.82) is 0 Å². The molecule has 9 heteroatoms. The van der Waals surface area contributed by atoms with E-state index in [1.165, 1.54) is 0 Å². The van der Waals surface area contributed by atoms with E-state index >= 15 is 0 Å². The van der Waals surface area contributed by atoms with Gasteiger partial charge in [0.1, 0.15) is 11.6 Å². The number of piperidine rings is 1. The first-order chi connectivity index (χ1) is 16.2. The molecule has 2 fully saturated rings. The molecule has 1 saturated heterocycles. The van der Waals surface area contributed by atoms with Crippen LogP contribution >= 0.6 is 11.3 Å². The van der Waals surface area contributed by atoms with Crippen LogP contribution in [0.4, 0.5) is 8.78 Å². The highest BCUT2D eigenvalue weighted by Gasteiger charge is 2.38. The van der Waals surface area contributed by atoms with E-state index in [9.17, 15) is 13.6 Å². The number of hydrogen-bond donors (Lipinski definition) is 1. The third kappa shape index (κ3) is 6.03. The summed E-state index contributed by atoms with van der Waals surface area (Å²) in [5.41, 5.74) is 0. The Morgan fingerprint density at radius 1 is 1.21 bits per heavy atom. The van der Waals surface area contributed by atoms with Crippen molar-refractivity contribution in [2.45, 2.75) is 89.6 Å². The van der Waals surface area contributed by atoms with Crippen LogP contribution in [0.1, 0.15) is 93.3 Å². The lowest BCUT2D eigenvalue weighted by atomic mass is 9.86. The smallest absolute Gasteiger partial charge is 0.248 e. The van der Waals surface area contributed by atoms with Crippen molar-refractivity contribution in [2.75, 3.05) is 19.6 Å². The minimum absolute atomic E-state index is 0.0692. The predicted molar refractivity (Wildman–Crippen MR) is 130 cm³/mol. The lowest BCUT2D eigenvalue weighted by Gasteiger charge is -2.34. The van der Waals surface area contributed by atoms with Gasteiger partial charge in [-0.05, 0) is 50.5 Å². The van der Waals surface area contributed by atoms with Crippen LogP contribution in [0.15, 0.2) is 17.5 Å². The first-order valence-electron chi connectivity index (χ1n) is 12.6. The van der Waals surface area contributed by atoms with Crippen molar-refractivity contribution < 1.29 is 13.6 Å². The minimum Gasteiger partial charge on any atom is -0.348 e. The quantitative estimate of drug-likeness (QED) is 0.529. The van der Waals surface area contributed by atoms with Crippen molar-refractivity contribution >= 4 is 17.2 Å². The summed E-state index contributed by atoms with van der Waals surface area (Å²) in [6.07, 6.45) is 3.11. The average Bonchev–Trinajstić information content (AvgIpc) is 3.47. The highest BCUT2D eigenvalue weighted by molar-refractivity contribution is 7.10. The Labute approximate surface area is 205 Å². The van der Waals surface area contributed by atoms with Crippen LogP contribution in [-0.4, -0.2) is 51.1 Å². The lowest BCUT2D eigenvalue weighted by molar-refractivity contribution is -0.130. The first-order valence-corrected chi connectivity index (χ1v) is 13.5. The fourth-order valence-electron chi connectivity index (χ4n) is 5.31. The number of aromatic nitrogens is 3. The Balaban J connectivity index is 1.31. The molecule has 2 aromatic heterocycles. The maximum Gasteiger partial charge on any atom is 0.248 e. The molecule has 6 nitrogen and oxygen atoms in total. The molecule has 188 valence electrons. The van der Waals surface area contributed by atoms with Crippen LogP contribution in [0.2, 0.25) is 0 Å². The van der Waals surface area contributed by atoms with E-state index in [1.54, 1.807) is 11.3 Å². The zero-order valence-corrected chi connectivity index (χ0v) is 21.3. The van der Waals surface area contributed by atoms with Crippen LogP contribution in [0.25, 0.3) is 0 Å². The standard InChI is InChI=1S/C25H37F2N5OS/c1-17(2)23-30-29-18(3)32(23)20-8-13-31(14-9-20)15-10-21(22-5-4-16-34-22)28-24(33)19-6-11-25(26,27)12-7-19/h4-5,16-17,19-21H,6-15H2,1-3H3,(H,28,33)/t21-/m0/s1. The third-order valence-corrected chi connectivity index (χ3v) is 8.34. The largest absolute Gasteiger partial charge is 0.348 e. The minimum atomic E-state index is -2.61. The average molecular weight is 494 g/mol. The number of thiophene rings is 1. The first kappa shape index (κ1) is 25.2. The normalized spacial score (nSPS) is 21.1. The molecular formula is C25H37F2N5OS. The molecule has 0 unspecified atom stereocenters. The van der Waals surface area contributed by atoms with Crippen LogP contribution in [0, 0.1) is 12.8 Å². The number of likely N-dealkylation sites (tertiary alicyclic amines) is 1. The second-order valence-electron chi connectivity index (χ2n) is 10.2. The highest BCUT2D eigenvalue weighted by atomic mass is 32.1. The molecule has 1 saturated carbocycles. The van der Waals surface area contributed by atoms with Crippen LogP contribution in [-0.2, 0) is 4.79 Å². The number of rotatable bonds is 8. The summed E-state index contributed by atoms with van der Waals surface area (Å²) in [4.78, 5) is 16.5. The maximum atomic E-state index is 13.5. The maximum absolute atomic E-state index is 13.5. The number of nitrogens with zero attached hydrogens (tertiary/aromatic N) is 4. The Bertz CT molecular complexity index is 927. The van der Waals surface area contributed by atoms with E-state index in [0.29, 0.717) is 12.0 Å². The molecule has 4 rings (SSSR count). The number of carbonyl (C=O) groups is 1. The van der Waals surface area contributed by atoms with Gasteiger partial charge in [-0.1, -0.05) is 19.9 Å². The van der Waals surface area contributed by atoms with Crippen LogP contribution in [0.5, 0.6) is 0 Å². The van der Waals surface area contributed by atoms with Gasteiger partial charge in [-0.2, -0.15) is 0 Å². The number of aryl methyl sites for hydroxylation is 1. The second kappa shape index (κ2) is 10.8. The fourth-order valence-corrected chi connectivity index (χ4v) is 6.12. The van der Waals surface area contributed by atoms with Crippen LogP contribution < -0.4 is 5.32 Å². The van der Waals surface area contributed by atoms with E-state index in [1.807, 2.05) is 18.4 Å². The van der Waals surface area contributed by atoms with Gasteiger partial charge in [-0.3, -0.25) is 4.79 Å². The van der Waals surface area contributed by atoms with Gasteiger partial charge in [0.25, 0.3) is 0 Å². The second-order valence-corrected chi connectivity index (χ2v) is 11.2. The molecule has 1 atom stereocenters. The van der Waals surface area contributed by atoms with E-state index < -0.39 is 5.92 Å². The van der Waals surface area contributed by atoms with Gasteiger partial charge in [-0.15, -0.1) is 21.5 Å². The summed E-state index contributed by atoms with van der Waals surface area (Å²) < 4.78 is 29.3. The van der Waals surface area contributed by atoms with E-state index in [0.717, 1.165) is 55.4 Å². The number of halogens is 2. The monoisotopic (exact) mass is 493 g/mol. The zero-order valence-electron chi connectivity index (χ0n) is 20.5. The van der Waals surface area contributed by atoms with Crippen LogP contribution in [0.3, 0.4) is 0 Å². The molecule has 0 aromatic carbocycles. The van der Waals surface area contributed by atoms with E-state index in [4.69, 9.17) is 0 Å².